The Morgan fingerprint density at radius 3 is 2.54 bits per heavy atom. The molecule has 2 nitrogen and oxygen atoms in total. The van der Waals surface area contributed by atoms with E-state index in [1.165, 1.54) is 11.8 Å². The minimum Gasteiger partial charge on any atom is -0.405 e. The molecule has 0 fully saturated rings. The van der Waals surface area contributed by atoms with Crippen molar-refractivity contribution < 1.29 is 0 Å². The second kappa shape index (κ2) is 3.99. The Bertz CT molecular complexity index is 314. The molecule has 0 spiro atoms. The van der Waals surface area contributed by atoms with Crippen molar-refractivity contribution in [2.45, 2.75) is 19.8 Å². The van der Waals surface area contributed by atoms with Gasteiger partial charge in [0.05, 0.1) is 0 Å². The normalized spacial score (nSPS) is 11.3. The van der Waals surface area contributed by atoms with Crippen LogP contribution in [0.5, 0.6) is 0 Å². The van der Waals surface area contributed by atoms with Gasteiger partial charge in [-0.2, -0.15) is 0 Å². The highest BCUT2D eigenvalue weighted by Crippen LogP contribution is 2.21. The minimum absolute atomic E-state index is 0.519. The highest BCUT2D eigenvalue weighted by Gasteiger charge is 2.01. The number of nitrogens with two attached hydrogens (primary N) is 2. The Hall–Kier alpha value is -1.44. The lowest BCUT2D eigenvalue weighted by Gasteiger charge is -2.07. The quantitative estimate of drug-likeness (QED) is 0.679. The smallest absolute Gasteiger partial charge is 0.0388 e. The van der Waals surface area contributed by atoms with Crippen molar-refractivity contribution in [2.75, 3.05) is 5.73 Å². The van der Waals surface area contributed by atoms with E-state index in [-0.39, 0.29) is 0 Å². The molecule has 0 unspecified atom stereocenters. The molecule has 0 aliphatic rings. The standard InChI is InChI=1S/C11H16N2/c1-8(2)9-3-4-11(13)10(7-9)5-6-12/h3-8H,12-13H2,1-2H3/b6-5-. The molecule has 1 aromatic carbocycles. The van der Waals surface area contributed by atoms with Crippen LogP contribution in [-0.2, 0) is 0 Å². The summed E-state index contributed by atoms with van der Waals surface area (Å²) in [5.41, 5.74) is 14.1. The largest absolute Gasteiger partial charge is 0.405 e. The van der Waals surface area contributed by atoms with Crippen molar-refractivity contribution >= 4 is 11.8 Å². The van der Waals surface area contributed by atoms with Crippen molar-refractivity contribution in [2.24, 2.45) is 5.73 Å². The fourth-order valence-corrected chi connectivity index (χ4v) is 1.20. The molecule has 0 aliphatic heterocycles. The third-order valence-electron chi connectivity index (χ3n) is 2.05. The molecule has 13 heavy (non-hydrogen) atoms. The van der Waals surface area contributed by atoms with Gasteiger partial charge in [-0.3, -0.25) is 0 Å². The van der Waals surface area contributed by atoms with E-state index >= 15 is 0 Å². The summed E-state index contributed by atoms with van der Waals surface area (Å²) in [5.74, 6) is 0.519. The van der Waals surface area contributed by atoms with Crippen LogP contribution in [0.2, 0.25) is 0 Å². The molecule has 1 rings (SSSR count). The summed E-state index contributed by atoms with van der Waals surface area (Å²) in [4.78, 5) is 0. The average molecular weight is 176 g/mol. The van der Waals surface area contributed by atoms with Gasteiger partial charge in [-0.15, -0.1) is 0 Å². The predicted molar refractivity (Wildman–Crippen MR) is 58.2 cm³/mol. The van der Waals surface area contributed by atoms with E-state index in [2.05, 4.69) is 19.9 Å². The van der Waals surface area contributed by atoms with E-state index < -0.39 is 0 Å². The van der Waals surface area contributed by atoms with Gasteiger partial charge >= 0.3 is 0 Å². The molecule has 0 aromatic heterocycles. The summed E-state index contributed by atoms with van der Waals surface area (Å²) in [5, 5.41) is 0. The van der Waals surface area contributed by atoms with E-state index in [0.29, 0.717) is 5.92 Å². The first-order valence-corrected chi connectivity index (χ1v) is 4.43. The molecule has 0 atom stereocenters. The summed E-state index contributed by atoms with van der Waals surface area (Å²) < 4.78 is 0. The van der Waals surface area contributed by atoms with Gasteiger partial charge in [-0.1, -0.05) is 19.9 Å². The Balaban J connectivity index is 3.11. The summed E-state index contributed by atoms with van der Waals surface area (Å²) in [7, 11) is 0. The third kappa shape index (κ3) is 2.25. The first-order valence-electron chi connectivity index (χ1n) is 4.43. The lowest BCUT2D eigenvalue weighted by atomic mass is 10.00. The molecule has 4 N–H and O–H groups in total. The van der Waals surface area contributed by atoms with Crippen molar-refractivity contribution in [3.63, 3.8) is 0 Å². The van der Waals surface area contributed by atoms with Gasteiger partial charge in [0.2, 0.25) is 0 Å². The van der Waals surface area contributed by atoms with Crippen LogP contribution in [0.25, 0.3) is 6.08 Å². The molecule has 0 aliphatic carbocycles. The summed E-state index contributed by atoms with van der Waals surface area (Å²) >= 11 is 0. The molecule has 0 saturated carbocycles. The number of hydrogen-bond donors (Lipinski definition) is 2. The summed E-state index contributed by atoms with van der Waals surface area (Å²) in [6.07, 6.45) is 3.33. The fraction of sp³-hybridized carbons (Fsp3) is 0.273. The van der Waals surface area contributed by atoms with Gasteiger partial charge in [-0.05, 0) is 41.5 Å². The Kier molecular flexibility index (Phi) is 2.96. The van der Waals surface area contributed by atoms with Crippen LogP contribution >= 0.6 is 0 Å². The molecule has 1 aromatic rings. The lowest BCUT2D eigenvalue weighted by molar-refractivity contribution is 0.866. The molecule has 70 valence electrons. The molecule has 0 radical (unpaired) electrons. The number of nitrogen functional groups attached to an aromatic ring is 1. The highest BCUT2D eigenvalue weighted by atomic mass is 14.6. The molecule has 0 bridgehead atoms. The van der Waals surface area contributed by atoms with Gasteiger partial charge in [-0.25, -0.2) is 0 Å². The van der Waals surface area contributed by atoms with Crippen molar-refractivity contribution in [1.82, 2.24) is 0 Å². The van der Waals surface area contributed by atoms with Gasteiger partial charge in [0.15, 0.2) is 0 Å². The number of rotatable bonds is 2. The molecular weight excluding hydrogens is 160 g/mol. The lowest BCUT2D eigenvalue weighted by Crippen LogP contribution is -1.94. The average Bonchev–Trinajstić information content (AvgIpc) is 2.08. The summed E-state index contributed by atoms with van der Waals surface area (Å²) in [6, 6.07) is 6.04. The molecule has 0 heterocycles. The maximum atomic E-state index is 5.77. The van der Waals surface area contributed by atoms with E-state index in [4.69, 9.17) is 11.5 Å². The highest BCUT2D eigenvalue weighted by molar-refractivity contribution is 5.65. The van der Waals surface area contributed by atoms with Gasteiger partial charge in [0.1, 0.15) is 0 Å². The molecule has 0 amide bonds. The van der Waals surface area contributed by atoms with Crippen molar-refractivity contribution in [3.05, 3.63) is 35.5 Å². The van der Waals surface area contributed by atoms with Crippen molar-refractivity contribution in [1.29, 1.82) is 0 Å². The molecule has 2 heteroatoms. The van der Waals surface area contributed by atoms with E-state index in [1.54, 1.807) is 0 Å². The number of hydrogen-bond acceptors (Lipinski definition) is 2. The topological polar surface area (TPSA) is 52.0 Å². The zero-order chi connectivity index (χ0) is 9.84. The van der Waals surface area contributed by atoms with E-state index in [9.17, 15) is 0 Å². The molecule has 0 saturated heterocycles. The fourth-order valence-electron chi connectivity index (χ4n) is 1.20. The van der Waals surface area contributed by atoms with Crippen LogP contribution in [0, 0.1) is 0 Å². The maximum Gasteiger partial charge on any atom is 0.0388 e. The second-order valence-electron chi connectivity index (χ2n) is 3.40. The maximum absolute atomic E-state index is 5.77. The second-order valence-corrected chi connectivity index (χ2v) is 3.40. The first-order chi connectivity index (χ1) is 6.15. The van der Waals surface area contributed by atoms with Gasteiger partial charge in [0, 0.05) is 5.69 Å². The predicted octanol–water partition coefficient (Wildman–Crippen LogP) is 2.32. The number of benzene rings is 1. The van der Waals surface area contributed by atoms with Crippen LogP contribution in [0.1, 0.15) is 30.9 Å². The molecular formula is C11H16N2. The third-order valence-corrected chi connectivity index (χ3v) is 2.05. The van der Waals surface area contributed by atoms with Gasteiger partial charge in [0.25, 0.3) is 0 Å². The van der Waals surface area contributed by atoms with Crippen LogP contribution in [0.3, 0.4) is 0 Å². The first kappa shape index (κ1) is 9.65. The van der Waals surface area contributed by atoms with Crippen molar-refractivity contribution in [3.8, 4) is 0 Å². The van der Waals surface area contributed by atoms with Gasteiger partial charge < -0.3 is 11.5 Å². The Morgan fingerprint density at radius 1 is 1.31 bits per heavy atom. The SMILES string of the molecule is CC(C)c1ccc(N)c(/C=C\N)c1. The van der Waals surface area contributed by atoms with Crippen LogP contribution in [0.15, 0.2) is 24.4 Å². The van der Waals surface area contributed by atoms with Crippen LogP contribution in [-0.4, -0.2) is 0 Å². The van der Waals surface area contributed by atoms with E-state index in [0.717, 1.165) is 11.3 Å². The Morgan fingerprint density at radius 2 is 2.00 bits per heavy atom. The monoisotopic (exact) mass is 176 g/mol. The van der Waals surface area contributed by atoms with Crippen LogP contribution < -0.4 is 11.5 Å². The summed E-state index contributed by atoms with van der Waals surface area (Å²) in [6.45, 7) is 4.31. The Labute approximate surface area is 79.2 Å². The number of anilines is 1. The zero-order valence-electron chi connectivity index (χ0n) is 8.12. The minimum atomic E-state index is 0.519. The zero-order valence-corrected chi connectivity index (χ0v) is 8.12. The van der Waals surface area contributed by atoms with E-state index in [1.807, 2.05) is 18.2 Å². The van der Waals surface area contributed by atoms with Crippen LogP contribution in [0.4, 0.5) is 5.69 Å².